The van der Waals surface area contributed by atoms with Crippen LogP contribution in [-0.2, 0) is 13.1 Å². The van der Waals surface area contributed by atoms with E-state index in [1.807, 2.05) is 33.9 Å². The van der Waals surface area contributed by atoms with Crippen LogP contribution in [-0.4, -0.2) is 31.2 Å². The smallest absolute Gasteiger partial charge is 0.135 e. The highest BCUT2D eigenvalue weighted by molar-refractivity contribution is 9.10. The Balaban J connectivity index is 1.42. The maximum Gasteiger partial charge on any atom is 0.135 e. The summed E-state index contributed by atoms with van der Waals surface area (Å²) in [6, 6.07) is 4.05. The van der Waals surface area contributed by atoms with Crippen molar-refractivity contribution in [3.63, 3.8) is 0 Å². The van der Waals surface area contributed by atoms with Gasteiger partial charge in [-0.2, -0.15) is 0 Å². The Labute approximate surface area is 142 Å². The number of halogens is 1. The van der Waals surface area contributed by atoms with Crippen molar-refractivity contribution in [2.75, 3.05) is 6.61 Å². The van der Waals surface area contributed by atoms with Crippen LogP contribution in [0.1, 0.15) is 19.3 Å². The van der Waals surface area contributed by atoms with Gasteiger partial charge in [-0.05, 0) is 53.2 Å². The molecule has 6 nitrogen and oxygen atoms in total. The molecule has 0 atom stereocenters. The highest BCUT2D eigenvalue weighted by Crippen LogP contribution is 2.34. The molecule has 0 saturated heterocycles. The van der Waals surface area contributed by atoms with Crippen molar-refractivity contribution in [1.29, 1.82) is 0 Å². The van der Waals surface area contributed by atoms with E-state index in [0.29, 0.717) is 6.61 Å². The lowest BCUT2D eigenvalue weighted by Gasteiger charge is -2.09. The number of benzene rings is 1. The number of aromatic nitrogens is 5. The monoisotopic (exact) mass is 375 g/mol. The molecule has 0 bridgehead atoms. The zero-order chi connectivity index (χ0) is 15.6. The molecule has 2 heterocycles. The second-order valence-corrected chi connectivity index (χ2v) is 6.76. The third-order valence-electron chi connectivity index (χ3n) is 4.10. The topological polar surface area (TPSA) is 57.8 Å². The van der Waals surface area contributed by atoms with E-state index < -0.39 is 0 Å². The average Bonchev–Trinajstić information content (AvgIpc) is 3.06. The molecule has 0 radical (unpaired) electrons. The number of hydrogen-bond donors (Lipinski definition) is 0. The first-order valence-corrected chi connectivity index (χ1v) is 8.71. The van der Waals surface area contributed by atoms with Crippen molar-refractivity contribution in [3.8, 4) is 5.75 Å². The van der Waals surface area contributed by atoms with Crippen molar-refractivity contribution in [1.82, 2.24) is 24.5 Å². The Kier molecular flexibility index (Phi) is 4.03. The molecule has 1 saturated carbocycles. The maximum absolute atomic E-state index is 5.89. The zero-order valence-electron chi connectivity index (χ0n) is 12.7. The average molecular weight is 376 g/mol. The molecular weight excluding hydrogens is 358 g/mol. The predicted octanol–water partition coefficient (Wildman–Crippen LogP) is 3.27. The number of hydrogen-bond acceptors (Lipinski definition) is 4. The summed E-state index contributed by atoms with van der Waals surface area (Å²) < 4.78 is 10.8. The molecule has 120 valence electrons. The lowest BCUT2D eigenvalue weighted by Crippen LogP contribution is -2.04. The van der Waals surface area contributed by atoms with Gasteiger partial charge in [-0.25, -0.2) is 9.67 Å². The van der Waals surface area contributed by atoms with E-state index in [1.165, 1.54) is 12.8 Å². The number of fused-ring (bicyclic) bond motifs is 1. The number of imidazole rings is 1. The minimum atomic E-state index is 0.651. The van der Waals surface area contributed by atoms with Crippen molar-refractivity contribution in [2.45, 2.75) is 32.4 Å². The molecule has 1 aliphatic rings. The fourth-order valence-corrected chi connectivity index (χ4v) is 3.15. The van der Waals surface area contributed by atoms with Crippen LogP contribution in [0.3, 0.4) is 0 Å². The molecule has 1 aromatic carbocycles. The summed E-state index contributed by atoms with van der Waals surface area (Å²) in [4.78, 5) is 4.03. The third kappa shape index (κ3) is 3.24. The van der Waals surface area contributed by atoms with Gasteiger partial charge in [0.1, 0.15) is 11.3 Å². The molecule has 2 aromatic heterocycles. The van der Waals surface area contributed by atoms with E-state index in [1.54, 1.807) is 6.20 Å². The van der Waals surface area contributed by atoms with Gasteiger partial charge >= 0.3 is 0 Å². The molecule has 0 spiro atoms. The standard InChI is InChI=1S/C16H18BrN5O/c17-15-14(23-9-1-7-21-8-6-18-11-21)5-4-13-16(15)19-20-22(13)10-12-2-3-12/h4-6,8,11-12H,1-3,7,9-10H2. The second kappa shape index (κ2) is 6.31. The van der Waals surface area contributed by atoms with Gasteiger partial charge in [-0.15, -0.1) is 5.10 Å². The first kappa shape index (κ1) is 14.7. The highest BCUT2D eigenvalue weighted by Gasteiger charge is 2.23. The van der Waals surface area contributed by atoms with Gasteiger partial charge in [0, 0.05) is 25.5 Å². The Bertz CT molecular complexity index is 794. The third-order valence-corrected chi connectivity index (χ3v) is 4.86. The normalized spacial score (nSPS) is 14.5. The zero-order valence-corrected chi connectivity index (χ0v) is 14.3. The SMILES string of the molecule is Brc1c(OCCCn2ccnc2)ccc2c1nnn2CC1CC1. The van der Waals surface area contributed by atoms with Crippen LogP contribution in [0.5, 0.6) is 5.75 Å². The molecule has 4 rings (SSSR count). The van der Waals surface area contributed by atoms with E-state index in [0.717, 1.165) is 46.7 Å². The van der Waals surface area contributed by atoms with Crippen molar-refractivity contribution < 1.29 is 4.74 Å². The minimum Gasteiger partial charge on any atom is -0.492 e. The fourth-order valence-electron chi connectivity index (χ4n) is 2.63. The Hall–Kier alpha value is -1.89. The van der Waals surface area contributed by atoms with Crippen molar-refractivity contribution in [2.24, 2.45) is 5.92 Å². The lowest BCUT2D eigenvalue weighted by atomic mass is 10.3. The Morgan fingerprint density at radius 2 is 2.22 bits per heavy atom. The summed E-state index contributed by atoms with van der Waals surface area (Å²) in [6.45, 7) is 2.52. The van der Waals surface area contributed by atoms with Crippen LogP contribution in [0.4, 0.5) is 0 Å². The van der Waals surface area contributed by atoms with E-state index in [9.17, 15) is 0 Å². The van der Waals surface area contributed by atoms with Gasteiger partial charge in [0.15, 0.2) is 0 Å². The summed E-state index contributed by atoms with van der Waals surface area (Å²) in [6.07, 6.45) is 9.10. The molecular formula is C16H18BrN5O. The maximum atomic E-state index is 5.89. The predicted molar refractivity (Wildman–Crippen MR) is 90.3 cm³/mol. The number of aryl methyl sites for hydroxylation is 1. The highest BCUT2D eigenvalue weighted by atomic mass is 79.9. The molecule has 23 heavy (non-hydrogen) atoms. The number of nitrogens with zero attached hydrogens (tertiary/aromatic N) is 5. The van der Waals surface area contributed by atoms with Crippen LogP contribution in [0.15, 0.2) is 35.3 Å². The molecule has 3 aromatic rings. The summed E-state index contributed by atoms with van der Waals surface area (Å²) in [5.41, 5.74) is 1.94. The van der Waals surface area contributed by atoms with Crippen LogP contribution in [0.25, 0.3) is 11.0 Å². The lowest BCUT2D eigenvalue weighted by molar-refractivity contribution is 0.300. The summed E-state index contributed by atoms with van der Waals surface area (Å²) in [5.74, 6) is 1.60. The van der Waals surface area contributed by atoms with Gasteiger partial charge < -0.3 is 9.30 Å². The van der Waals surface area contributed by atoms with Gasteiger partial charge in [0.2, 0.25) is 0 Å². The Morgan fingerprint density at radius 1 is 1.30 bits per heavy atom. The largest absolute Gasteiger partial charge is 0.492 e. The first-order valence-electron chi connectivity index (χ1n) is 7.91. The molecule has 0 aliphatic heterocycles. The quantitative estimate of drug-likeness (QED) is 0.594. The van der Waals surface area contributed by atoms with E-state index in [4.69, 9.17) is 4.74 Å². The molecule has 0 amide bonds. The first-order chi connectivity index (χ1) is 11.3. The van der Waals surface area contributed by atoms with Crippen LogP contribution in [0.2, 0.25) is 0 Å². The fraction of sp³-hybridized carbons (Fsp3) is 0.438. The van der Waals surface area contributed by atoms with Gasteiger partial charge in [-0.1, -0.05) is 5.21 Å². The van der Waals surface area contributed by atoms with Crippen LogP contribution >= 0.6 is 15.9 Å². The molecule has 7 heteroatoms. The van der Waals surface area contributed by atoms with Gasteiger partial charge in [-0.3, -0.25) is 0 Å². The molecule has 1 aliphatic carbocycles. The molecule has 0 unspecified atom stereocenters. The van der Waals surface area contributed by atoms with Crippen molar-refractivity contribution >= 4 is 27.0 Å². The summed E-state index contributed by atoms with van der Waals surface area (Å²) in [5, 5.41) is 8.58. The van der Waals surface area contributed by atoms with E-state index >= 15 is 0 Å². The van der Waals surface area contributed by atoms with E-state index in [2.05, 4.69) is 31.2 Å². The molecule has 1 fully saturated rings. The number of rotatable bonds is 7. The summed E-state index contributed by atoms with van der Waals surface area (Å²) >= 11 is 3.61. The van der Waals surface area contributed by atoms with E-state index in [-0.39, 0.29) is 0 Å². The van der Waals surface area contributed by atoms with Crippen LogP contribution < -0.4 is 4.74 Å². The second-order valence-electron chi connectivity index (χ2n) is 5.96. The van der Waals surface area contributed by atoms with Gasteiger partial charge in [0.25, 0.3) is 0 Å². The summed E-state index contributed by atoms with van der Waals surface area (Å²) in [7, 11) is 0. The number of ether oxygens (including phenoxy) is 1. The molecule has 0 N–H and O–H groups in total. The van der Waals surface area contributed by atoms with Crippen molar-refractivity contribution in [3.05, 3.63) is 35.3 Å². The Morgan fingerprint density at radius 3 is 3.00 bits per heavy atom. The van der Waals surface area contributed by atoms with Gasteiger partial charge in [0.05, 0.1) is 22.9 Å². The minimum absolute atomic E-state index is 0.651. The van der Waals surface area contributed by atoms with Crippen LogP contribution in [0, 0.1) is 5.92 Å².